The van der Waals surface area contributed by atoms with Gasteiger partial charge in [-0.3, -0.25) is 0 Å². The highest BCUT2D eigenvalue weighted by Gasteiger charge is 2.12. The monoisotopic (exact) mass is 273 g/mol. The molecule has 1 heterocycles. The highest BCUT2D eigenvalue weighted by molar-refractivity contribution is 9.10. The van der Waals surface area contributed by atoms with Crippen LogP contribution in [0, 0.1) is 5.92 Å². The molecule has 0 aromatic carbocycles. The fraction of sp³-hybridized carbons (Fsp3) is 0.667. The fourth-order valence-corrected chi connectivity index (χ4v) is 1.99. The van der Waals surface area contributed by atoms with Crippen molar-refractivity contribution in [1.29, 1.82) is 0 Å². The molecule has 1 aromatic heterocycles. The van der Waals surface area contributed by atoms with Crippen LogP contribution in [0.25, 0.3) is 0 Å². The van der Waals surface area contributed by atoms with Crippen LogP contribution in [-0.4, -0.2) is 7.05 Å². The largest absolute Gasteiger partial charge is 0.453 e. The predicted molar refractivity (Wildman–Crippen MR) is 66.9 cm³/mol. The van der Waals surface area contributed by atoms with Crippen molar-refractivity contribution < 1.29 is 4.42 Å². The van der Waals surface area contributed by atoms with Crippen LogP contribution in [0.5, 0.6) is 0 Å². The third kappa shape index (κ3) is 4.39. The van der Waals surface area contributed by atoms with Gasteiger partial charge in [0, 0.05) is 0 Å². The maximum absolute atomic E-state index is 5.55. The summed E-state index contributed by atoms with van der Waals surface area (Å²) in [5.74, 6) is 1.80. The summed E-state index contributed by atoms with van der Waals surface area (Å²) in [6.45, 7) is 4.52. The van der Waals surface area contributed by atoms with E-state index in [9.17, 15) is 0 Å². The zero-order chi connectivity index (χ0) is 11.3. The van der Waals surface area contributed by atoms with Gasteiger partial charge in [0.25, 0.3) is 0 Å². The summed E-state index contributed by atoms with van der Waals surface area (Å²) in [4.78, 5) is 0. The Bertz CT molecular complexity index is 283. The topological polar surface area (TPSA) is 25.2 Å². The van der Waals surface area contributed by atoms with Gasteiger partial charge in [-0.25, -0.2) is 0 Å². The Labute approximate surface area is 101 Å². The van der Waals surface area contributed by atoms with Crippen LogP contribution in [0.1, 0.15) is 44.9 Å². The standard InChI is InChI=1S/C12H20BrNO/c1-9(2)5-4-6-10(14-3)11-7-8-12(13)15-11/h7-10,14H,4-6H2,1-3H3. The predicted octanol–water partition coefficient (Wildman–Crippen LogP) is 4.13. The molecule has 0 amide bonds. The zero-order valence-corrected chi connectivity index (χ0v) is 11.3. The number of furan rings is 1. The van der Waals surface area contributed by atoms with Crippen LogP contribution < -0.4 is 5.32 Å². The first-order chi connectivity index (χ1) is 7.13. The van der Waals surface area contributed by atoms with Crippen molar-refractivity contribution in [1.82, 2.24) is 5.32 Å². The molecule has 1 atom stereocenters. The van der Waals surface area contributed by atoms with Gasteiger partial charge in [0.1, 0.15) is 5.76 Å². The van der Waals surface area contributed by atoms with E-state index in [2.05, 4.69) is 35.1 Å². The van der Waals surface area contributed by atoms with Gasteiger partial charge in [-0.05, 0) is 47.4 Å². The van der Waals surface area contributed by atoms with Crippen LogP contribution in [-0.2, 0) is 0 Å². The SMILES string of the molecule is CNC(CCCC(C)C)c1ccc(Br)o1. The number of rotatable bonds is 6. The highest BCUT2D eigenvalue weighted by Crippen LogP contribution is 2.24. The lowest BCUT2D eigenvalue weighted by atomic mass is 10.0. The molecule has 0 bridgehead atoms. The van der Waals surface area contributed by atoms with Crippen LogP contribution in [0.2, 0.25) is 0 Å². The first kappa shape index (κ1) is 12.8. The number of hydrogen-bond acceptors (Lipinski definition) is 2. The second-order valence-electron chi connectivity index (χ2n) is 4.31. The van der Waals surface area contributed by atoms with Crippen LogP contribution in [0.4, 0.5) is 0 Å². The van der Waals surface area contributed by atoms with Gasteiger partial charge >= 0.3 is 0 Å². The van der Waals surface area contributed by atoms with Gasteiger partial charge in [-0.15, -0.1) is 0 Å². The van der Waals surface area contributed by atoms with Crippen molar-refractivity contribution in [3.63, 3.8) is 0 Å². The normalized spacial score (nSPS) is 13.4. The van der Waals surface area contributed by atoms with E-state index >= 15 is 0 Å². The minimum absolute atomic E-state index is 0.343. The molecule has 0 spiro atoms. The van der Waals surface area contributed by atoms with Gasteiger partial charge in [-0.1, -0.05) is 26.7 Å². The molecule has 0 aliphatic rings. The molecule has 1 aromatic rings. The smallest absolute Gasteiger partial charge is 0.169 e. The van der Waals surface area contributed by atoms with Gasteiger partial charge in [-0.2, -0.15) is 0 Å². The van der Waals surface area contributed by atoms with Crippen molar-refractivity contribution in [2.45, 2.75) is 39.2 Å². The van der Waals surface area contributed by atoms with Crippen molar-refractivity contribution in [2.24, 2.45) is 5.92 Å². The number of halogens is 1. The molecule has 0 aliphatic heterocycles. The minimum atomic E-state index is 0.343. The van der Waals surface area contributed by atoms with Crippen LogP contribution in [0.3, 0.4) is 0 Å². The average molecular weight is 274 g/mol. The van der Waals surface area contributed by atoms with E-state index in [1.54, 1.807) is 0 Å². The molecule has 1 rings (SSSR count). The summed E-state index contributed by atoms with van der Waals surface area (Å²) in [5, 5.41) is 3.29. The highest BCUT2D eigenvalue weighted by atomic mass is 79.9. The van der Waals surface area contributed by atoms with Crippen LogP contribution >= 0.6 is 15.9 Å². The van der Waals surface area contributed by atoms with E-state index in [1.807, 2.05) is 19.2 Å². The molecule has 86 valence electrons. The quantitative estimate of drug-likeness (QED) is 0.843. The van der Waals surface area contributed by atoms with Gasteiger partial charge < -0.3 is 9.73 Å². The Kier molecular flexibility index (Phi) is 5.40. The van der Waals surface area contributed by atoms with E-state index in [-0.39, 0.29) is 0 Å². The van der Waals surface area contributed by atoms with Crippen molar-refractivity contribution in [2.75, 3.05) is 7.05 Å². The van der Waals surface area contributed by atoms with E-state index < -0.39 is 0 Å². The summed E-state index contributed by atoms with van der Waals surface area (Å²) < 4.78 is 6.36. The molecule has 2 nitrogen and oxygen atoms in total. The second kappa shape index (κ2) is 6.33. The third-order valence-corrected chi connectivity index (χ3v) is 2.99. The fourth-order valence-electron chi connectivity index (χ4n) is 1.67. The third-order valence-electron chi connectivity index (χ3n) is 2.56. The van der Waals surface area contributed by atoms with Crippen molar-refractivity contribution >= 4 is 15.9 Å². The maximum Gasteiger partial charge on any atom is 0.169 e. The minimum Gasteiger partial charge on any atom is -0.453 e. The van der Waals surface area contributed by atoms with Gasteiger partial charge in [0.2, 0.25) is 0 Å². The summed E-state index contributed by atoms with van der Waals surface area (Å²) in [5.41, 5.74) is 0. The Morgan fingerprint density at radius 3 is 2.53 bits per heavy atom. The molecule has 0 fully saturated rings. The van der Waals surface area contributed by atoms with E-state index in [0.717, 1.165) is 22.8 Å². The first-order valence-electron chi connectivity index (χ1n) is 5.56. The molecule has 15 heavy (non-hydrogen) atoms. The molecule has 0 saturated heterocycles. The van der Waals surface area contributed by atoms with Gasteiger partial charge in [0.05, 0.1) is 6.04 Å². The average Bonchev–Trinajstić information content (AvgIpc) is 2.59. The van der Waals surface area contributed by atoms with E-state index in [0.29, 0.717) is 6.04 Å². The number of hydrogen-bond donors (Lipinski definition) is 1. The number of nitrogens with one attached hydrogen (secondary N) is 1. The lowest BCUT2D eigenvalue weighted by Crippen LogP contribution is -2.15. The Morgan fingerprint density at radius 2 is 2.07 bits per heavy atom. The molecule has 3 heteroatoms. The van der Waals surface area contributed by atoms with Crippen LogP contribution in [0.15, 0.2) is 21.2 Å². The molecule has 0 saturated carbocycles. The lowest BCUT2D eigenvalue weighted by Gasteiger charge is -2.14. The molecule has 0 radical (unpaired) electrons. The zero-order valence-electron chi connectivity index (χ0n) is 9.72. The molecular weight excluding hydrogens is 254 g/mol. The molecule has 0 aliphatic carbocycles. The first-order valence-corrected chi connectivity index (χ1v) is 6.35. The summed E-state index contributed by atoms with van der Waals surface area (Å²) in [6, 6.07) is 4.32. The van der Waals surface area contributed by atoms with Crippen molar-refractivity contribution in [3.05, 3.63) is 22.6 Å². The Hall–Kier alpha value is -0.280. The van der Waals surface area contributed by atoms with Gasteiger partial charge in [0.15, 0.2) is 4.67 Å². The van der Waals surface area contributed by atoms with Crippen molar-refractivity contribution in [3.8, 4) is 0 Å². The van der Waals surface area contributed by atoms with E-state index in [1.165, 1.54) is 12.8 Å². The second-order valence-corrected chi connectivity index (χ2v) is 5.09. The Morgan fingerprint density at radius 1 is 1.33 bits per heavy atom. The van der Waals surface area contributed by atoms with E-state index in [4.69, 9.17) is 4.42 Å². The summed E-state index contributed by atoms with van der Waals surface area (Å²) in [6.07, 6.45) is 3.65. The summed E-state index contributed by atoms with van der Waals surface area (Å²) in [7, 11) is 1.98. The summed E-state index contributed by atoms with van der Waals surface area (Å²) >= 11 is 3.33. The lowest BCUT2D eigenvalue weighted by molar-refractivity contribution is 0.385. The molecule has 1 N–H and O–H groups in total. The maximum atomic E-state index is 5.55. The molecular formula is C12H20BrNO. The molecule has 1 unspecified atom stereocenters. The Balaban J connectivity index is 2.42.